The lowest BCUT2D eigenvalue weighted by Gasteiger charge is -2.35. The summed E-state index contributed by atoms with van der Waals surface area (Å²) in [5, 5.41) is 0. The Bertz CT molecular complexity index is 399. The van der Waals surface area contributed by atoms with Gasteiger partial charge in [0.05, 0.1) is 0 Å². The van der Waals surface area contributed by atoms with Crippen LogP contribution in [0.2, 0.25) is 0 Å². The summed E-state index contributed by atoms with van der Waals surface area (Å²) in [7, 11) is 4.41. The number of benzene rings is 1. The van der Waals surface area contributed by atoms with Gasteiger partial charge >= 0.3 is 0 Å². The van der Waals surface area contributed by atoms with Gasteiger partial charge in [0, 0.05) is 23.6 Å². The number of likely N-dealkylation sites (tertiary alicyclic amines) is 1. The summed E-state index contributed by atoms with van der Waals surface area (Å²) in [4.78, 5) is 4.84. The second kappa shape index (κ2) is 7.27. The Labute approximate surface area is 124 Å². The van der Waals surface area contributed by atoms with Crippen LogP contribution in [0.4, 0.5) is 0 Å². The fraction of sp³-hybridized carbons (Fsp3) is 0.600. The third-order valence-corrected chi connectivity index (χ3v) is 4.23. The summed E-state index contributed by atoms with van der Waals surface area (Å²) < 4.78 is 6.85. The monoisotopic (exact) mass is 326 g/mol. The van der Waals surface area contributed by atoms with Gasteiger partial charge in [0.2, 0.25) is 0 Å². The molecule has 1 aromatic rings. The minimum Gasteiger partial charge on any atom is -0.492 e. The molecule has 1 saturated heterocycles. The van der Waals surface area contributed by atoms with E-state index in [9.17, 15) is 0 Å². The second-order valence-corrected chi connectivity index (χ2v) is 6.26. The van der Waals surface area contributed by atoms with Crippen LogP contribution >= 0.6 is 15.9 Å². The van der Waals surface area contributed by atoms with Crippen molar-refractivity contribution in [3.8, 4) is 5.75 Å². The van der Waals surface area contributed by atoms with E-state index in [1.54, 1.807) is 0 Å². The zero-order valence-corrected chi connectivity index (χ0v) is 13.4. The van der Waals surface area contributed by atoms with Gasteiger partial charge in [-0.15, -0.1) is 0 Å². The Morgan fingerprint density at radius 3 is 3.05 bits per heavy atom. The van der Waals surface area contributed by atoms with E-state index in [1.807, 2.05) is 24.3 Å². The first-order chi connectivity index (χ1) is 9.15. The van der Waals surface area contributed by atoms with Gasteiger partial charge in [0.25, 0.3) is 0 Å². The van der Waals surface area contributed by atoms with Crippen LogP contribution in [0.3, 0.4) is 0 Å². The van der Waals surface area contributed by atoms with E-state index in [4.69, 9.17) is 4.74 Å². The van der Waals surface area contributed by atoms with Crippen LogP contribution in [0, 0.1) is 0 Å². The lowest BCUT2D eigenvalue weighted by Crippen LogP contribution is -2.46. The predicted molar refractivity (Wildman–Crippen MR) is 82.8 cm³/mol. The van der Waals surface area contributed by atoms with Crippen LogP contribution in [0.1, 0.15) is 12.8 Å². The minimum atomic E-state index is 0.671. The highest BCUT2D eigenvalue weighted by atomic mass is 79.9. The molecule has 4 heteroatoms. The lowest BCUT2D eigenvalue weighted by molar-refractivity contribution is 0.119. The van der Waals surface area contributed by atoms with Gasteiger partial charge in [-0.1, -0.05) is 22.0 Å². The van der Waals surface area contributed by atoms with E-state index in [-0.39, 0.29) is 0 Å². The topological polar surface area (TPSA) is 15.7 Å². The Morgan fingerprint density at radius 1 is 1.47 bits per heavy atom. The molecule has 1 aliphatic rings. The molecule has 19 heavy (non-hydrogen) atoms. The molecule has 0 aliphatic carbocycles. The number of ether oxygens (including phenoxy) is 1. The fourth-order valence-electron chi connectivity index (χ4n) is 2.55. The van der Waals surface area contributed by atoms with Crippen LogP contribution < -0.4 is 4.74 Å². The van der Waals surface area contributed by atoms with Crippen LogP contribution in [-0.2, 0) is 0 Å². The zero-order chi connectivity index (χ0) is 13.7. The van der Waals surface area contributed by atoms with Crippen molar-refractivity contribution in [1.82, 2.24) is 9.80 Å². The van der Waals surface area contributed by atoms with Crippen LogP contribution in [-0.4, -0.2) is 56.2 Å². The molecule has 0 amide bonds. The van der Waals surface area contributed by atoms with Crippen molar-refractivity contribution in [2.75, 3.05) is 40.3 Å². The summed E-state index contributed by atoms with van der Waals surface area (Å²) in [5.41, 5.74) is 0. The van der Waals surface area contributed by atoms with Gasteiger partial charge in [0.15, 0.2) is 0 Å². The van der Waals surface area contributed by atoms with E-state index < -0.39 is 0 Å². The van der Waals surface area contributed by atoms with Gasteiger partial charge in [0.1, 0.15) is 12.4 Å². The highest BCUT2D eigenvalue weighted by Crippen LogP contribution is 2.18. The first-order valence-corrected chi connectivity index (χ1v) is 7.71. The van der Waals surface area contributed by atoms with Crippen molar-refractivity contribution in [1.29, 1.82) is 0 Å². The van der Waals surface area contributed by atoms with Gasteiger partial charge in [-0.05, 0) is 51.7 Å². The smallest absolute Gasteiger partial charge is 0.120 e. The normalized spacial score (nSPS) is 20.7. The SMILES string of the molecule is CN1CCCC(N(C)CCOc2cccc(Br)c2)C1. The molecule has 0 saturated carbocycles. The van der Waals surface area contributed by atoms with Crippen LogP contribution in [0.25, 0.3) is 0 Å². The van der Waals surface area contributed by atoms with E-state index in [1.165, 1.54) is 25.9 Å². The molecule has 0 spiro atoms. The van der Waals surface area contributed by atoms with E-state index in [2.05, 4.69) is 39.8 Å². The first-order valence-electron chi connectivity index (χ1n) is 6.92. The molecular weight excluding hydrogens is 304 g/mol. The molecule has 0 aromatic heterocycles. The molecular formula is C15H23BrN2O. The summed E-state index contributed by atoms with van der Waals surface area (Å²) in [6.07, 6.45) is 2.61. The average molecular weight is 327 g/mol. The van der Waals surface area contributed by atoms with E-state index >= 15 is 0 Å². The molecule has 3 nitrogen and oxygen atoms in total. The molecule has 1 heterocycles. The number of hydrogen-bond donors (Lipinski definition) is 0. The summed E-state index contributed by atoms with van der Waals surface area (Å²) in [5.74, 6) is 0.934. The summed E-state index contributed by atoms with van der Waals surface area (Å²) in [6.45, 7) is 4.13. The third kappa shape index (κ3) is 4.79. The molecule has 1 unspecified atom stereocenters. The van der Waals surface area contributed by atoms with Crippen molar-refractivity contribution in [3.05, 3.63) is 28.7 Å². The van der Waals surface area contributed by atoms with Gasteiger partial charge < -0.3 is 9.64 Å². The molecule has 1 atom stereocenters. The minimum absolute atomic E-state index is 0.671. The summed E-state index contributed by atoms with van der Waals surface area (Å²) in [6, 6.07) is 8.69. The quantitative estimate of drug-likeness (QED) is 0.827. The van der Waals surface area contributed by atoms with E-state index in [0.29, 0.717) is 6.04 Å². The standard InChI is InChI=1S/C15H23BrN2O/c1-17-8-4-6-14(12-17)18(2)9-10-19-15-7-3-5-13(16)11-15/h3,5,7,11,14H,4,6,8-10,12H2,1-2H3. The highest BCUT2D eigenvalue weighted by Gasteiger charge is 2.20. The van der Waals surface area contributed by atoms with Gasteiger partial charge in [-0.25, -0.2) is 0 Å². The van der Waals surface area contributed by atoms with Crippen LogP contribution in [0.15, 0.2) is 28.7 Å². The molecule has 0 radical (unpaired) electrons. The second-order valence-electron chi connectivity index (χ2n) is 5.34. The Kier molecular flexibility index (Phi) is 5.67. The van der Waals surface area contributed by atoms with Crippen molar-refractivity contribution < 1.29 is 4.74 Å². The highest BCUT2D eigenvalue weighted by molar-refractivity contribution is 9.10. The maximum absolute atomic E-state index is 5.79. The predicted octanol–water partition coefficient (Wildman–Crippen LogP) is 2.85. The number of rotatable bonds is 5. The van der Waals surface area contributed by atoms with Crippen molar-refractivity contribution in [3.63, 3.8) is 0 Å². The molecule has 0 bridgehead atoms. The number of piperidine rings is 1. The lowest BCUT2D eigenvalue weighted by atomic mass is 10.1. The molecule has 1 aromatic carbocycles. The van der Waals surface area contributed by atoms with E-state index in [0.717, 1.165) is 23.4 Å². The van der Waals surface area contributed by atoms with Gasteiger partial charge in [-0.2, -0.15) is 0 Å². The number of nitrogens with zero attached hydrogens (tertiary/aromatic N) is 2. The molecule has 0 N–H and O–H groups in total. The molecule has 1 aliphatic heterocycles. The largest absolute Gasteiger partial charge is 0.492 e. The maximum atomic E-state index is 5.79. The first kappa shape index (κ1) is 14.8. The van der Waals surface area contributed by atoms with Gasteiger partial charge in [-0.3, -0.25) is 4.90 Å². The maximum Gasteiger partial charge on any atom is 0.120 e. The third-order valence-electron chi connectivity index (χ3n) is 3.73. The molecule has 106 valence electrons. The Balaban J connectivity index is 1.73. The molecule has 1 fully saturated rings. The average Bonchev–Trinajstić information content (AvgIpc) is 2.38. The zero-order valence-electron chi connectivity index (χ0n) is 11.8. The van der Waals surface area contributed by atoms with Crippen molar-refractivity contribution in [2.45, 2.75) is 18.9 Å². The van der Waals surface area contributed by atoms with Crippen LogP contribution in [0.5, 0.6) is 5.75 Å². The summed E-state index contributed by atoms with van der Waals surface area (Å²) >= 11 is 3.46. The number of likely N-dealkylation sites (N-methyl/N-ethyl adjacent to an activating group) is 2. The number of hydrogen-bond acceptors (Lipinski definition) is 3. The Hall–Kier alpha value is -0.580. The van der Waals surface area contributed by atoms with Crippen molar-refractivity contribution in [2.24, 2.45) is 0 Å². The number of halogens is 1. The Morgan fingerprint density at radius 2 is 2.32 bits per heavy atom. The fourth-order valence-corrected chi connectivity index (χ4v) is 2.92. The van der Waals surface area contributed by atoms with Crippen molar-refractivity contribution >= 4 is 15.9 Å². The molecule has 2 rings (SSSR count).